The van der Waals surface area contributed by atoms with Crippen LogP contribution in [0.4, 0.5) is 0 Å². The lowest BCUT2D eigenvalue weighted by molar-refractivity contribution is -0.151. The Hall–Kier alpha value is -1.59. The average Bonchev–Trinajstić information content (AvgIpc) is 2.64. The number of hydrogen-bond acceptors (Lipinski definition) is 3. The molecule has 156 valence electrons. The second kappa shape index (κ2) is 7.34. The van der Waals surface area contributed by atoms with Crippen molar-refractivity contribution in [3.05, 3.63) is 0 Å². The first-order valence-corrected chi connectivity index (χ1v) is 11.1. The topological polar surface area (TPSA) is 86.7 Å². The summed E-state index contributed by atoms with van der Waals surface area (Å²) in [6.45, 7) is 4.89. The second-order valence-electron chi connectivity index (χ2n) is 10.3. The Kier molecular flexibility index (Phi) is 5.17. The van der Waals surface area contributed by atoms with E-state index in [0.29, 0.717) is 43.7 Å². The summed E-state index contributed by atoms with van der Waals surface area (Å²) in [6, 6.07) is -0.512. The van der Waals surface area contributed by atoms with Crippen LogP contribution in [0.25, 0.3) is 0 Å². The first-order chi connectivity index (χ1) is 13.3. The van der Waals surface area contributed by atoms with E-state index in [4.69, 9.17) is 0 Å². The number of likely N-dealkylation sites (tertiary alicyclic amines) is 1. The van der Waals surface area contributed by atoms with Crippen molar-refractivity contribution >= 4 is 17.8 Å². The summed E-state index contributed by atoms with van der Waals surface area (Å²) in [6.07, 6.45) is 7.84. The number of nitrogens with zero attached hydrogens (tertiary/aromatic N) is 1. The predicted molar refractivity (Wildman–Crippen MR) is 104 cm³/mol. The van der Waals surface area contributed by atoms with Crippen molar-refractivity contribution in [1.82, 2.24) is 10.2 Å². The molecule has 5 rings (SSSR count). The van der Waals surface area contributed by atoms with Crippen LogP contribution < -0.4 is 5.32 Å². The number of carboxylic acid groups (broad SMARTS) is 1. The molecule has 0 spiro atoms. The smallest absolute Gasteiger partial charge is 0.306 e. The highest BCUT2D eigenvalue weighted by Gasteiger charge is 2.55. The van der Waals surface area contributed by atoms with Crippen LogP contribution in [0.3, 0.4) is 0 Å². The SMILES string of the molecule is CC(C)C(NC(=O)C12CC3CC(CC(C3)C1)C2)C(=O)N1CCC(C(=O)O)CC1. The molecule has 6 nitrogen and oxygen atoms in total. The number of aliphatic carboxylic acids is 1. The summed E-state index contributed by atoms with van der Waals surface area (Å²) < 4.78 is 0. The number of nitrogens with one attached hydrogen (secondary N) is 1. The molecule has 2 amide bonds. The molecule has 5 aliphatic rings. The first-order valence-electron chi connectivity index (χ1n) is 11.1. The molecule has 0 aromatic rings. The molecule has 1 atom stereocenters. The monoisotopic (exact) mass is 390 g/mol. The second-order valence-corrected chi connectivity index (χ2v) is 10.3. The van der Waals surface area contributed by atoms with Gasteiger partial charge in [0.15, 0.2) is 0 Å². The largest absolute Gasteiger partial charge is 0.481 e. The van der Waals surface area contributed by atoms with Crippen LogP contribution in [0.5, 0.6) is 0 Å². The Labute approximate surface area is 167 Å². The van der Waals surface area contributed by atoms with Gasteiger partial charge in [-0.15, -0.1) is 0 Å². The summed E-state index contributed by atoms with van der Waals surface area (Å²) in [4.78, 5) is 39.4. The van der Waals surface area contributed by atoms with Crippen molar-refractivity contribution in [1.29, 1.82) is 0 Å². The van der Waals surface area contributed by atoms with E-state index in [1.165, 1.54) is 19.3 Å². The fourth-order valence-electron chi connectivity index (χ4n) is 6.74. The molecule has 0 radical (unpaired) electrons. The van der Waals surface area contributed by atoms with Gasteiger partial charge in [0.2, 0.25) is 11.8 Å². The van der Waals surface area contributed by atoms with E-state index < -0.39 is 12.0 Å². The van der Waals surface area contributed by atoms with Gasteiger partial charge in [-0.3, -0.25) is 14.4 Å². The zero-order chi connectivity index (χ0) is 20.1. The van der Waals surface area contributed by atoms with Crippen LogP contribution in [0.2, 0.25) is 0 Å². The van der Waals surface area contributed by atoms with Gasteiger partial charge >= 0.3 is 5.97 Å². The molecule has 4 saturated carbocycles. The average molecular weight is 391 g/mol. The molecule has 5 fully saturated rings. The maximum atomic E-state index is 13.4. The number of carbonyl (C=O) groups excluding carboxylic acids is 2. The van der Waals surface area contributed by atoms with Crippen molar-refractivity contribution in [3.63, 3.8) is 0 Å². The van der Waals surface area contributed by atoms with Crippen LogP contribution >= 0.6 is 0 Å². The van der Waals surface area contributed by atoms with Crippen LogP contribution in [-0.4, -0.2) is 46.9 Å². The quantitative estimate of drug-likeness (QED) is 0.756. The molecule has 4 aliphatic carbocycles. The van der Waals surface area contributed by atoms with E-state index >= 15 is 0 Å². The van der Waals surface area contributed by atoms with Crippen LogP contribution in [0.1, 0.15) is 65.2 Å². The van der Waals surface area contributed by atoms with Gasteiger partial charge in [0.25, 0.3) is 0 Å². The number of rotatable bonds is 5. The molecule has 1 aliphatic heterocycles. The van der Waals surface area contributed by atoms with Crippen LogP contribution in [0.15, 0.2) is 0 Å². The number of carbonyl (C=O) groups is 3. The minimum Gasteiger partial charge on any atom is -0.481 e. The molecule has 1 saturated heterocycles. The lowest BCUT2D eigenvalue weighted by Gasteiger charge is -2.56. The molecule has 0 aromatic carbocycles. The number of piperidine rings is 1. The lowest BCUT2D eigenvalue weighted by atomic mass is 9.49. The molecule has 28 heavy (non-hydrogen) atoms. The van der Waals surface area contributed by atoms with E-state index in [1.807, 2.05) is 13.8 Å². The summed E-state index contributed by atoms with van der Waals surface area (Å²) in [7, 11) is 0. The summed E-state index contributed by atoms with van der Waals surface area (Å²) in [5.74, 6) is 1.02. The Balaban J connectivity index is 1.42. The maximum Gasteiger partial charge on any atom is 0.306 e. The Bertz CT molecular complexity index is 616. The van der Waals surface area contributed by atoms with Gasteiger partial charge in [-0.2, -0.15) is 0 Å². The van der Waals surface area contributed by atoms with E-state index in [9.17, 15) is 19.5 Å². The molecular formula is C22H34N2O4. The van der Waals surface area contributed by atoms with Gasteiger partial charge in [-0.05, 0) is 75.0 Å². The Morgan fingerprint density at radius 2 is 1.46 bits per heavy atom. The standard InChI is InChI=1S/C22H34N2O4/c1-13(2)18(19(25)24-5-3-17(4-6-24)20(26)27)23-21(28)22-10-14-7-15(11-22)9-16(8-14)12-22/h13-18H,3-12H2,1-2H3,(H,23,28)(H,26,27). The Morgan fingerprint density at radius 3 is 1.89 bits per heavy atom. The van der Waals surface area contributed by atoms with E-state index in [1.54, 1.807) is 4.90 Å². The highest BCUT2D eigenvalue weighted by atomic mass is 16.4. The van der Waals surface area contributed by atoms with Crippen LogP contribution in [0, 0.1) is 35.0 Å². The summed E-state index contributed by atoms with van der Waals surface area (Å²) in [5.41, 5.74) is -0.252. The van der Waals surface area contributed by atoms with Gasteiger partial charge in [0, 0.05) is 18.5 Å². The predicted octanol–water partition coefficient (Wildman–Crippen LogP) is 2.67. The number of amides is 2. The van der Waals surface area contributed by atoms with Crippen molar-refractivity contribution in [2.75, 3.05) is 13.1 Å². The van der Waals surface area contributed by atoms with Crippen molar-refractivity contribution < 1.29 is 19.5 Å². The minimum atomic E-state index is -0.775. The molecular weight excluding hydrogens is 356 g/mol. The molecule has 6 heteroatoms. The fraction of sp³-hybridized carbons (Fsp3) is 0.864. The third-order valence-corrected chi connectivity index (χ3v) is 7.90. The molecule has 1 heterocycles. The zero-order valence-corrected chi connectivity index (χ0v) is 17.2. The first kappa shape index (κ1) is 19.7. The molecule has 0 aromatic heterocycles. The molecule has 1 unspecified atom stereocenters. The molecule has 2 N–H and O–H groups in total. The number of hydrogen-bond donors (Lipinski definition) is 2. The summed E-state index contributed by atoms with van der Waals surface area (Å²) >= 11 is 0. The van der Waals surface area contributed by atoms with Crippen molar-refractivity contribution in [2.45, 2.75) is 71.3 Å². The zero-order valence-electron chi connectivity index (χ0n) is 17.2. The molecule has 4 bridgehead atoms. The third-order valence-electron chi connectivity index (χ3n) is 7.90. The van der Waals surface area contributed by atoms with Crippen molar-refractivity contribution in [2.24, 2.45) is 35.0 Å². The summed E-state index contributed by atoms with van der Waals surface area (Å²) in [5, 5.41) is 12.3. The van der Waals surface area contributed by atoms with Crippen LogP contribution in [-0.2, 0) is 14.4 Å². The third kappa shape index (κ3) is 3.55. The van der Waals surface area contributed by atoms with Crippen molar-refractivity contribution in [3.8, 4) is 0 Å². The van der Waals surface area contributed by atoms with Gasteiger partial charge in [0.05, 0.1) is 5.92 Å². The van der Waals surface area contributed by atoms with Gasteiger partial charge in [0.1, 0.15) is 6.04 Å². The van der Waals surface area contributed by atoms with Gasteiger partial charge in [-0.25, -0.2) is 0 Å². The van der Waals surface area contributed by atoms with E-state index in [2.05, 4.69) is 5.32 Å². The highest BCUT2D eigenvalue weighted by molar-refractivity contribution is 5.90. The number of carboxylic acids is 1. The minimum absolute atomic E-state index is 0.0163. The van der Waals surface area contributed by atoms with Gasteiger partial charge in [-0.1, -0.05) is 13.8 Å². The van der Waals surface area contributed by atoms with E-state index in [-0.39, 0.29) is 29.1 Å². The fourth-order valence-corrected chi connectivity index (χ4v) is 6.74. The van der Waals surface area contributed by atoms with E-state index in [0.717, 1.165) is 19.3 Å². The Morgan fingerprint density at radius 1 is 0.964 bits per heavy atom. The lowest BCUT2D eigenvalue weighted by Crippen LogP contribution is -2.59. The highest BCUT2D eigenvalue weighted by Crippen LogP contribution is 2.60. The maximum absolute atomic E-state index is 13.4. The normalized spacial score (nSPS) is 35.8. The van der Waals surface area contributed by atoms with Gasteiger partial charge < -0.3 is 15.3 Å².